The summed E-state index contributed by atoms with van der Waals surface area (Å²) in [7, 11) is 0. The molecule has 0 aliphatic carbocycles. The third kappa shape index (κ3) is 1.83. The minimum absolute atomic E-state index is 0.307. The summed E-state index contributed by atoms with van der Waals surface area (Å²) in [4.78, 5) is 25.5. The fraction of sp³-hybridized carbons (Fsp3) is 0.118. The van der Waals surface area contributed by atoms with Gasteiger partial charge >= 0.3 is 0 Å². The van der Waals surface area contributed by atoms with Gasteiger partial charge in [0.25, 0.3) is 11.8 Å². The summed E-state index contributed by atoms with van der Waals surface area (Å²) in [6, 6.07) is 11.2. The molecule has 0 saturated carbocycles. The molecule has 0 unspecified atom stereocenters. The first kappa shape index (κ1) is 13.1. The largest absolute Gasteiger partial charge is 0.269 e. The summed E-state index contributed by atoms with van der Waals surface area (Å²) >= 11 is 0. The van der Waals surface area contributed by atoms with Crippen LogP contribution in [0.3, 0.4) is 0 Å². The number of aryl methyl sites for hydroxylation is 1. The first-order valence-corrected chi connectivity index (χ1v) is 6.53. The molecule has 21 heavy (non-hydrogen) atoms. The summed E-state index contributed by atoms with van der Waals surface area (Å²) in [5, 5.41) is 10.7. The molecular weight excluding hydrogens is 264 g/mol. The number of carbonyl (C=O) groups excluding carboxylic acids is 2. The van der Waals surface area contributed by atoms with Gasteiger partial charge in [-0.2, -0.15) is 5.26 Å². The van der Waals surface area contributed by atoms with Gasteiger partial charge in [-0.1, -0.05) is 24.3 Å². The van der Waals surface area contributed by atoms with Gasteiger partial charge in [0.1, 0.15) is 0 Å². The quantitative estimate of drug-likeness (QED) is 0.752. The predicted molar refractivity (Wildman–Crippen MR) is 79.7 cm³/mol. The van der Waals surface area contributed by atoms with Crippen molar-refractivity contribution >= 4 is 28.3 Å². The lowest BCUT2D eigenvalue weighted by atomic mass is 9.98. The normalized spacial score (nSPS) is 14.5. The van der Waals surface area contributed by atoms with Crippen molar-refractivity contribution in [2.75, 3.05) is 4.90 Å². The second-order valence-electron chi connectivity index (χ2n) is 5.05. The van der Waals surface area contributed by atoms with Gasteiger partial charge in [-0.25, -0.2) is 4.90 Å². The molecule has 0 bridgehead atoms. The molecule has 0 radical (unpaired) electrons. The minimum Gasteiger partial charge on any atom is -0.269 e. The van der Waals surface area contributed by atoms with Crippen LogP contribution in [0.25, 0.3) is 10.8 Å². The molecule has 2 aromatic rings. The minimum atomic E-state index is -0.338. The van der Waals surface area contributed by atoms with E-state index in [1.54, 1.807) is 19.9 Å². The molecule has 102 valence electrons. The van der Waals surface area contributed by atoms with Crippen LogP contribution in [0.4, 0.5) is 5.69 Å². The Morgan fingerprint density at radius 2 is 1.76 bits per heavy atom. The van der Waals surface area contributed by atoms with Crippen molar-refractivity contribution in [3.63, 3.8) is 0 Å². The van der Waals surface area contributed by atoms with Crippen molar-refractivity contribution in [1.29, 1.82) is 5.26 Å². The molecule has 4 heteroatoms. The van der Waals surface area contributed by atoms with Crippen molar-refractivity contribution in [3.05, 3.63) is 53.1 Å². The van der Waals surface area contributed by atoms with E-state index in [0.717, 1.165) is 16.3 Å². The number of amides is 2. The van der Waals surface area contributed by atoms with Gasteiger partial charge in [0, 0.05) is 22.4 Å². The number of rotatable bonds is 1. The number of nitriles is 1. The van der Waals surface area contributed by atoms with Crippen molar-refractivity contribution in [3.8, 4) is 6.07 Å². The van der Waals surface area contributed by atoms with E-state index < -0.39 is 0 Å². The second kappa shape index (κ2) is 4.57. The van der Waals surface area contributed by atoms with Gasteiger partial charge in [-0.15, -0.1) is 0 Å². The summed E-state index contributed by atoms with van der Waals surface area (Å²) in [5.74, 6) is -0.645. The van der Waals surface area contributed by atoms with Crippen LogP contribution in [0.2, 0.25) is 0 Å². The molecule has 0 atom stereocenters. The van der Waals surface area contributed by atoms with E-state index in [1.807, 2.05) is 24.3 Å². The maximum absolute atomic E-state index is 12.2. The molecular formula is C17H12N2O2. The highest BCUT2D eigenvalue weighted by Crippen LogP contribution is 2.35. The summed E-state index contributed by atoms with van der Waals surface area (Å²) < 4.78 is 0. The zero-order valence-electron chi connectivity index (χ0n) is 11.7. The Morgan fingerprint density at radius 3 is 2.33 bits per heavy atom. The lowest BCUT2D eigenvalue weighted by molar-refractivity contribution is -0.120. The van der Waals surface area contributed by atoms with E-state index in [2.05, 4.69) is 6.07 Å². The fourth-order valence-electron chi connectivity index (χ4n) is 2.69. The van der Waals surface area contributed by atoms with Gasteiger partial charge in [0.05, 0.1) is 17.3 Å². The van der Waals surface area contributed by atoms with E-state index in [-0.39, 0.29) is 11.8 Å². The Labute approximate surface area is 121 Å². The molecule has 3 rings (SSSR count). The number of carbonyl (C=O) groups is 2. The molecule has 0 aromatic heterocycles. The molecule has 0 spiro atoms. The van der Waals surface area contributed by atoms with Crippen molar-refractivity contribution in [2.45, 2.75) is 13.8 Å². The second-order valence-corrected chi connectivity index (χ2v) is 5.05. The molecule has 1 heterocycles. The highest BCUT2D eigenvalue weighted by molar-refractivity contribution is 6.32. The lowest BCUT2D eigenvalue weighted by Crippen LogP contribution is -2.31. The van der Waals surface area contributed by atoms with Crippen LogP contribution >= 0.6 is 0 Å². The average molecular weight is 276 g/mol. The van der Waals surface area contributed by atoms with Crippen molar-refractivity contribution in [1.82, 2.24) is 0 Å². The number of hydrogen-bond donors (Lipinski definition) is 0. The molecule has 0 saturated heterocycles. The van der Waals surface area contributed by atoms with Crippen LogP contribution in [0, 0.1) is 18.3 Å². The van der Waals surface area contributed by atoms with Crippen LogP contribution in [0.1, 0.15) is 18.1 Å². The average Bonchev–Trinajstić information content (AvgIpc) is 2.72. The Hall–Kier alpha value is -2.93. The fourth-order valence-corrected chi connectivity index (χ4v) is 2.69. The third-order valence-corrected chi connectivity index (χ3v) is 3.65. The summed E-state index contributed by atoms with van der Waals surface area (Å²) in [6.45, 7) is 3.43. The summed E-state index contributed by atoms with van der Waals surface area (Å²) in [5.41, 5.74) is 2.26. The van der Waals surface area contributed by atoms with Gasteiger partial charge in [-0.3, -0.25) is 9.59 Å². The number of anilines is 1. The molecule has 4 nitrogen and oxygen atoms in total. The number of benzene rings is 2. The zero-order valence-corrected chi connectivity index (χ0v) is 11.7. The molecule has 0 fully saturated rings. The summed E-state index contributed by atoms with van der Waals surface area (Å²) in [6.07, 6.45) is 1.34. The topological polar surface area (TPSA) is 61.2 Å². The monoisotopic (exact) mass is 276 g/mol. The molecule has 1 aliphatic heterocycles. The number of imide groups is 1. The van der Waals surface area contributed by atoms with E-state index >= 15 is 0 Å². The number of fused-ring (bicyclic) bond motifs is 1. The first-order valence-electron chi connectivity index (χ1n) is 6.53. The molecule has 2 aromatic carbocycles. The van der Waals surface area contributed by atoms with Crippen molar-refractivity contribution < 1.29 is 9.59 Å². The smallest absolute Gasteiger partial charge is 0.261 e. The standard InChI is InChI=1S/C17H12N2O2/c1-10-7-12(9-18)13-5-3-4-6-14(13)16(10)19-15(20)8-11(2)17(19)21/h3-8H,1-2H3. The van der Waals surface area contributed by atoms with Gasteiger partial charge < -0.3 is 0 Å². The molecule has 1 aliphatic rings. The predicted octanol–water partition coefficient (Wildman–Crippen LogP) is 2.84. The Kier molecular flexibility index (Phi) is 2.84. The van der Waals surface area contributed by atoms with Crippen molar-refractivity contribution in [2.24, 2.45) is 0 Å². The van der Waals surface area contributed by atoms with Gasteiger partial charge in [-0.05, 0) is 25.5 Å². The van der Waals surface area contributed by atoms with Gasteiger partial charge in [0.2, 0.25) is 0 Å². The number of hydrogen-bond acceptors (Lipinski definition) is 3. The Bertz CT molecular complexity index is 872. The van der Waals surface area contributed by atoms with E-state index in [4.69, 9.17) is 0 Å². The van der Waals surface area contributed by atoms with Crippen LogP contribution < -0.4 is 4.90 Å². The molecule has 0 N–H and O–H groups in total. The van der Waals surface area contributed by atoms with Crippen LogP contribution in [-0.2, 0) is 9.59 Å². The first-order chi connectivity index (χ1) is 10.0. The SMILES string of the molecule is CC1=CC(=O)N(c2c(C)cc(C#N)c3ccccc23)C1=O. The maximum Gasteiger partial charge on any atom is 0.261 e. The highest BCUT2D eigenvalue weighted by Gasteiger charge is 2.32. The van der Waals surface area contributed by atoms with Crippen LogP contribution in [0.5, 0.6) is 0 Å². The van der Waals surface area contributed by atoms with Crippen LogP contribution in [0.15, 0.2) is 42.0 Å². The molecule has 2 amide bonds. The van der Waals surface area contributed by atoms with E-state index in [9.17, 15) is 14.9 Å². The lowest BCUT2D eigenvalue weighted by Gasteiger charge is -2.20. The maximum atomic E-state index is 12.2. The van der Waals surface area contributed by atoms with E-state index in [0.29, 0.717) is 16.8 Å². The van der Waals surface area contributed by atoms with Crippen LogP contribution in [-0.4, -0.2) is 11.8 Å². The van der Waals surface area contributed by atoms with E-state index in [1.165, 1.54) is 11.0 Å². The Morgan fingerprint density at radius 1 is 1.10 bits per heavy atom. The van der Waals surface area contributed by atoms with Gasteiger partial charge in [0.15, 0.2) is 0 Å². The Balaban J connectivity index is 2.35. The number of nitrogens with zero attached hydrogens (tertiary/aromatic N) is 2. The zero-order chi connectivity index (χ0) is 15.1. The highest BCUT2D eigenvalue weighted by atomic mass is 16.2. The third-order valence-electron chi connectivity index (χ3n) is 3.65.